The molecule has 0 aliphatic carbocycles. The highest BCUT2D eigenvalue weighted by Gasteiger charge is 2.00. The van der Waals surface area contributed by atoms with E-state index in [1.54, 1.807) is 0 Å². The van der Waals surface area contributed by atoms with E-state index in [2.05, 4.69) is 37.8 Å². The van der Waals surface area contributed by atoms with Gasteiger partial charge in [0.15, 0.2) is 0 Å². The van der Waals surface area contributed by atoms with Crippen molar-refractivity contribution in [1.82, 2.24) is 0 Å². The van der Waals surface area contributed by atoms with Crippen LogP contribution in [0.4, 0.5) is 0 Å². The average Bonchev–Trinajstić information content (AvgIpc) is 1.97. The summed E-state index contributed by atoms with van der Waals surface area (Å²) < 4.78 is 2.02. The highest BCUT2D eigenvalue weighted by Crippen LogP contribution is 2.24. The monoisotopic (exact) mass is 272 g/mol. The van der Waals surface area contributed by atoms with Crippen molar-refractivity contribution in [3.63, 3.8) is 0 Å². The van der Waals surface area contributed by atoms with Crippen molar-refractivity contribution < 1.29 is 0 Å². The largest absolute Gasteiger partial charge is 0.115 e. The van der Waals surface area contributed by atoms with Crippen molar-refractivity contribution in [2.75, 3.05) is 0 Å². The molecule has 0 atom stereocenters. The van der Waals surface area contributed by atoms with Gasteiger partial charge >= 0.3 is 0 Å². The average molecular weight is 274 g/mol. The number of aryl methyl sites for hydroxylation is 1. The van der Waals surface area contributed by atoms with Gasteiger partial charge < -0.3 is 0 Å². The summed E-state index contributed by atoms with van der Waals surface area (Å²) in [7, 11) is 0. The van der Waals surface area contributed by atoms with Gasteiger partial charge in [-0.1, -0.05) is 21.9 Å². The lowest BCUT2D eigenvalue weighted by atomic mass is 10.2. The smallest absolute Gasteiger partial charge is 0.0396 e. The number of rotatable bonds is 0. The molecule has 1 rings (SSSR count). The zero-order valence-corrected chi connectivity index (χ0v) is 9.16. The third-order valence-electron chi connectivity index (χ3n) is 1.40. The Morgan fingerprint density at radius 1 is 1.27 bits per heavy atom. The number of benzene rings is 1. The first-order chi connectivity index (χ1) is 5.15. The van der Waals surface area contributed by atoms with Gasteiger partial charge in [-0.25, -0.2) is 0 Å². The van der Waals surface area contributed by atoms with Gasteiger partial charge in [0.05, 0.1) is 0 Å². The molecule has 0 nitrogen and oxygen atoms in total. The van der Waals surface area contributed by atoms with E-state index in [4.69, 9.17) is 6.42 Å². The van der Waals surface area contributed by atoms with Crippen LogP contribution in [0.15, 0.2) is 21.1 Å². The molecule has 0 saturated carbocycles. The minimum Gasteiger partial charge on any atom is -0.115 e. The maximum absolute atomic E-state index is 5.27. The molecule has 0 aliphatic heterocycles. The number of halogens is 2. The zero-order valence-electron chi connectivity index (χ0n) is 5.99. The van der Waals surface area contributed by atoms with Crippen LogP contribution in [-0.4, -0.2) is 0 Å². The summed E-state index contributed by atoms with van der Waals surface area (Å²) in [5.41, 5.74) is 2.05. The molecule has 0 spiro atoms. The quantitative estimate of drug-likeness (QED) is 0.635. The van der Waals surface area contributed by atoms with E-state index in [0.29, 0.717) is 0 Å². The predicted molar refractivity (Wildman–Crippen MR) is 54.5 cm³/mol. The fraction of sp³-hybridized carbons (Fsp3) is 0.111. The lowest BCUT2D eigenvalue weighted by Gasteiger charge is -2.00. The van der Waals surface area contributed by atoms with E-state index in [1.165, 1.54) is 5.56 Å². The first kappa shape index (κ1) is 8.83. The first-order valence-corrected chi connectivity index (χ1v) is 4.66. The Labute approximate surface area is 83.3 Å². The van der Waals surface area contributed by atoms with Crippen LogP contribution >= 0.6 is 31.9 Å². The first-order valence-electron chi connectivity index (χ1n) is 3.07. The molecule has 0 saturated heterocycles. The van der Waals surface area contributed by atoms with Crippen LogP contribution in [0.3, 0.4) is 0 Å². The van der Waals surface area contributed by atoms with Crippen molar-refractivity contribution in [2.45, 2.75) is 6.92 Å². The molecule has 56 valence electrons. The molecule has 0 bridgehead atoms. The van der Waals surface area contributed by atoms with Gasteiger partial charge in [-0.2, -0.15) is 0 Å². The van der Waals surface area contributed by atoms with Gasteiger partial charge in [0.2, 0.25) is 0 Å². The van der Waals surface area contributed by atoms with Crippen LogP contribution in [0, 0.1) is 19.3 Å². The number of terminal acetylenes is 1. The van der Waals surface area contributed by atoms with E-state index in [1.807, 2.05) is 19.1 Å². The molecule has 11 heavy (non-hydrogen) atoms. The Kier molecular flexibility index (Phi) is 2.75. The SMILES string of the molecule is C#Cc1cc(Br)c(C)cc1Br. The summed E-state index contributed by atoms with van der Waals surface area (Å²) in [4.78, 5) is 0. The summed E-state index contributed by atoms with van der Waals surface area (Å²) in [6.07, 6.45) is 5.27. The molecule has 0 unspecified atom stereocenters. The third kappa shape index (κ3) is 1.85. The van der Waals surface area contributed by atoms with Gasteiger partial charge in [0, 0.05) is 14.5 Å². The highest BCUT2D eigenvalue weighted by molar-refractivity contribution is 9.11. The van der Waals surface area contributed by atoms with Crippen molar-refractivity contribution in [2.24, 2.45) is 0 Å². The summed E-state index contributed by atoms with van der Waals surface area (Å²) >= 11 is 6.78. The fourth-order valence-corrected chi connectivity index (χ4v) is 1.67. The maximum Gasteiger partial charge on any atom is 0.0396 e. The standard InChI is InChI=1S/C9H6Br2/c1-3-7-5-8(10)6(2)4-9(7)11/h1,4-5H,2H3. The highest BCUT2D eigenvalue weighted by atomic mass is 79.9. The molecule has 0 heterocycles. The molecule has 0 N–H and O–H groups in total. The van der Waals surface area contributed by atoms with Gasteiger partial charge in [-0.05, 0) is 40.5 Å². The number of hydrogen-bond donors (Lipinski definition) is 0. The van der Waals surface area contributed by atoms with Gasteiger partial charge in [0.1, 0.15) is 0 Å². The molecule has 0 amide bonds. The van der Waals surface area contributed by atoms with E-state index >= 15 is 0 Å². The normalized spacial score (nSPS) is 9.27. The third-order valence-corrected chi connectivity index (χ3v) is 2.91. The van der Waals surface area contributed by atoms with Crippen LogP contribution in [0.5, 0.6) is 0 Å². The molecule has 0 aromatic heterocycles. The summed E-state index contributed by atoms with van der Waals surface area (Å²) in [5.74, 6) is 2.59. The van der Waals surface area contributed by atoms with Crippen molar-refractivity contribution >= 4 is 31.9 Å². The molecule has 1 aromatic carbocycles. The zero-order chi connectivity index (χ0) is 8.43. The summed E-state index contributed by atoms with van der Waals surface area (Å²) in [6, 6.07) is 3.93. The molecule has 0 fully saturated rings. The second-order valence-electron chi connectivity index (χ2n) is 2.23. The maximum atomic E-state index is 5.27. The Morgan fingerprint density at radius 3 is 2.45 bits per heavy atom. The minimum atomic E-state index is 0.877. The molecule has 1 aromatic rings. The second-order valence-corrected chi connectivity index (χ2v) is 3.93. The minimum absolute atomic E-state index is 0.877. The molecule has 0 aliphatic rings. The van der Waals surface area contributed by atoms with E-state index in [0.717, 1.165) is 14.5 Å². The summed E-state index contributed by atoms with van der Waals surface area (Å²) in [6.45, 7) is 2.02. The topological polar surface area (TPSA) is 0 Å². The Morgan fingerprint density at radius 2 is 1.91 bits per heavy atom. The Hall–Kier alpha value is -0.260. The van der Waals surface area contributed by atoms with Crippen LogP contribution in [0.1, 0.15) is 11.1 Å². The Balaban J connectivity index is 3.35. The van der Waals surface area contributed by atoms with Crippen molar-refractivity contribution in [1.29, 1.82) is 0 Å². The second kappa shape index (κ2) is 3.42. The fourth-order valence-electron chi connectivity index (χ4n) is 0.757. The van der Waals surface area contributed by atoms with E-state index in [9.17, 15) is 0 Å². The van der Waals surface area contributed by atoms with Crippen molar-refractivity contribution in [3.8, 4) is 12.3 Å². The van der Waals surface area contributed by atoms with Crippen LogP contribution in [-0.2, 0) is 0 Å². The van der Waals surface area contributed by atoms with Gasteiger partial charge in [0.25, 0.3) is 0 Å². The predicted octanol–water partition coefficient (Wildman–Crippen LogP) is 3.50. The molecular weight excluding hydrogens is 268 g/mol. The van der Waals surface area contributed by atoms with Crippen molar-refractivity contribution in [3.05, 3.63) is 32.2 Å². The van der Waals surface area contributed by atoms with Gasteiger partial charge in [-0.15, -0.1) is 6.42 Å². The Bertz CT molecular complexity index is 321. The van der Waals surface area contributed by atoms with Crippen LogP contribution in [0.25, 0.3) is 0 Å². The molecule has 0 radical (unpaired) electrons. The summed E-state index contributed by atoms with van der Waals surface area (Å²) in [5, 5.41) is 0. The van der Waals surface area contributed by atoms with Crippen LogP contribution in [0.2, 0.25) is 0 Å². The lowest BCUT2D eigenvalue weighted by Crippen LogP contribution is -1.81. The number of hydrogen-bond acceptors (Lipinski definition) is 0. The van der Waals surface area contributed by atoms with Gasteiger partial charge in [-0.3, -0.25) is 0 Å². The molecule has 2 heteroatoms. The lowest BCUT2D eigenvalue weighted by molar-refractivity contribution is 1.40. The van der Waals surface area contributed by atoms with E-state index in [-0.39, 0.29) is 0 Å². The van der Waals surface area contributed by atoms with E-state index < -0.39 is 0 Å². The van der Waals surface area contributed by atoms with Crippen LogP contribution < -0.4 is 0 Å². The molecular formula is C9H6Br2.